The molecule has 4 aromatic carbocycles. The molecule has 1 heterocycles. The second-order valence-electron chi connectivity index (χ2n) is 13.5. The normalized spacial score (nSPS) is 17.7. The summed E-state index contributed by atoms with van der Waals surface area (Å²) in [5.41, 5.74) is 3.88. The van der Waals surface area contributed by atoms with Crippen LogP contribution in [0.25, 0.3) is 0 Å². The van der Waals surface area contributed by atoms with E-state index in [1.165, 1.54) is 12.9 Å². The van der Waals surface area contributed by atoms with Gasteiger partial charge >= 0.3 is 0 Å². The van der Waals surface area contributed by atoms with E-state index in [4.69, 9.17) is 0 Å². The number of sulfonamides is 3. The summed E-state index contributed by atoms with van der Waals surface area (Å²) in [5.74, 6) is 0. The molecule has 0 saturated carbocycles. The van der Waals surface area contributed by atoms with Crippen LogP contribution >= 0.6 is 0 Å². The standard InChI is InChI=1S/C39H50N4O6S3/c1-33-12-18-37(19-13-33)50(44,45)41-25-7-24-40(32-36-10-5-4-6-11-36)30-31-43(52(48,49)39-22-16-35(3)17-23-39)29-9-28-42(27-8-26-41)51(46,47)38-20-14-34(2)15-21-38/h4-6,10-23H,7-9,24-32H2,1-3H3. The van der Waals surface area contributed by atoms with Gasteiger partial charge in [0.15, 0.2) is 0 Å². The Morgan fingerprint density at radius 2 is 0.731 bits per heavy atom. The van der Waals surface area contributed by atoms with E-state index >= 15 is 0 Å². The molecule has 0 amide bonds. The van der Waals surface area contributed by atoms with E-state index in [9.17, 15) is 25.3 Å². The lowest BCUT2D eigenvalue weighted by atomic mass is 10.2. The molecule has 0 unspecified atom stereocenters. The summed E-state index contributed by atoms with van der Waals surface area (Å²) in [4.78, 5) is 2.68. The number of hydrogen-bond acceptors (Lipinski definition) is 7. The van der Waals surface area contributed by atoms with E-state index < -0.39 is 30.1 Å². The first kappa shape index (κ1) is 39.8. The van der Waals surface area contributed by atoms with Gasteiger partial charge in [-0.05, 0) is 88.5 Å². The maximum atomic E-state index is 14.1. The van der Waals surface area contributed by atoms with E-state index in [0.29, 0.717) is 26.1 Å². The Morgan fingerprint density at radius 3 is 1.10 bits per heavy atom. The first-order chi connectivity index (χ1) is 24.8. The molecule has 0 atom stereocenters. The summed E-state index contributed by atoms with van der Waals surface area (Å²) in [5, 5.41) is 0. The molecule has 1 aliphatic rings. The quantitative estimate of drug-likeness (QED) is 0.227. The van der Waals surface area contributed by atoms with Gasteiger partial charge in [-0.3, -0.25) is 4.90 Å². The fourth-order valence-electron chi connectivity index (χ4n) is 6.32. The Hall–Kier alpha value is -3.43. The van der Waals surface area contributed by atoms with Gasteiger partial charge < -0.3 is 0 Å². The monoisotopic (exact) mass is 766 g/mol. The third kappa shape index (κ3) is 10.2. The fourth-order valence-corrected chi connectivity index (χ4v) is 10.8. The SMILES string of the molecule is Cc1ccc(S(=O)(=O)N2CCCN(Cc3ccccc3)CCN(S(=O)(=O)c3ccc(C)cc3)CCCN(S(=O)(=O)c3ccc(C)cc3)CCC2)cc1. The molecule has 0 spiro atoms. The lowest BCUT2D eigenvalue weighted by molar-refractivity contribution is 0.231. The molecule has 0 N–H and O–H groups in total. The van der Waals surface area contributed by atoms with E-state index in [1.807, 2.05) is 51.1 Å². The third-order valence-electron chi connectivity index (χ3n) is 9.40. The Morgan fingerprint density at radius 1 is 0.404 bits per heavy atom. The van der Waals surface area contributed by atoms with Crippen molar-refractivity contribution in [3.8, 4) is 0 Å². The Labute approximate surface area is 310 Å². The lowest BCUT2D eigenvalue weighted by Gasteiger charge is -2.28. The topological polar surface area (TPSA) is 115 Å². The first-order valence-corrected chi connectivity index (χ1v) is 22.1. The van der Waals surface area contributed by atoms with Crippen molar-refractivity contribution in [1.29, 1.82) is 0 Å². The van der Waals surface area contributed by atoms with Crippen LogP contribution in [0.5, 0.6) is 0 Å². The molecular weight excluding hydrogens is 717 g/mol. The van der Waals surface area contributed by atoms with Gasteiger partial charge in [0.2, 0.25) is 30.1 Å². The Kier molecular flexibility index (Phi) is 13.5. The van der Waals surface area contributed by atoms with E-state index in [0.717, 1.165) is 22.3 Å². The van der Waals surface area contributed by atoms with Crippen molar-refractivity contribution in [1.82, 2.24) is 17.8 Å². The highest BCUT2D eigenvalue weighted by Crippen LogP contribution is 2.22. The summed E-state index contributed by atoms with van der Waals surface area (Å²) >= 11 is 0. The van der Waals surface area contributed by atoms with Crippen molar-refractivity contribution in [2.75, 3.05) is 52.4 Å². The second-order valence-corrected chi connectivity index (χ2v) is 19.3. The van der Waals surface area contributed by atoms with Gasteiger partial charge in [0.1, 0.15) is 0 Å². The molecule has 1 aliphatic heterocycles. The summed E-state index contributed by atoms with van der Waals surface area (Å²) in [6, 6.07) is 30.1. The highest BCUT2D eigenvalue weighted by atomic mass is 32.2. The molecule has 0 bridgehead atoms. The van der Waals surface area contributed by atoms with Crippen LogP contribution in [0.3, 0.4) is 0 Å². The molecule has 0 aliphatic carbocycles. The minimum atomic E-state index is -3.96. The van der Waals surface area contributed by atoms with Gasteiger partial charge in [-0.2, -0.15) is 12.9 Å². The van der Waals surface area contributed by atoms with Crippen molar-refractivity contribution in [3.05, 3.63) is 125 Å². The number of benzene rings is 4. The first-order valence-electron chi connectivity index (χ1n) is 17.7. The minimum Gasteiger partial charge on any atom is -0.298 e. The third-order valence-corrected chi connectivity index (χ3v) is 15.1. The Bertz CT molecular complexity index is 2080. The van der Waals surface area contributed by atoms with Gasteiger partial charge in [0.05, 0.1) is 14.7 Å². The molecule has 10 nitrogen and oxygen atoms in total. The molecule has 52 heavy (non-hydrogen) atoms. The van der Waals surface area contributed by atoms with Crippen LogP contribution < -0.4 is 0 Å². The smallest absolute Gasteiger partial charge is 0.243 e. The van der Waals surface area contributed by atoms with E-state index in [-0.39, 0.29) is 66.8 Å². The predicted molar refractivity (Wildman–Crippen MR) is 205 cm³/mol. The van der Waals surface area contributed by atoms with Gasteiger partial charge in [-0.15, -0.1) is 0 Å². The lowest BCUT2D eigenvalue weighted by Crippen LogP contribution is -2.41. The van der Waals surface area contributed by atoms with Crippen molar-refractivity contribution < 1.29 is 25.3 Å². The van der Waals surface area contributed by atoms with Gasteiger partial charge in [-0.1, -0.05) is 83.4 Å². The van der Waals surface area contributed by atoms with Crippen LogP contribution in [-0.4, -0.2) is 95.4 Å². The molecule has 280 valence electrons. The summed E-state index contributed by atoms with van der Waals surface area (Å²) in [7, 11) is -11.8. The van der Waals surface area contributed by atoms with Crippen LogP contribution in [0.1, 0.15) is 41.5 Å². The average Bonchev–Trinajstić information content (AvgIpc) is 3.12. The van der Waals surface area contributed by atoms with Gasteiger partial charge in [0.25, 0.3) is 0 Å². The van der Waals surface area contributed by atoms with Crippen LogP contribution in [0, 0.1) is 20.8 Å². The minimum absolute atomic E-state index is 0.0641. The molecule has 0 radical (unpaired) electrons. The van der Waals surface area contributed by atoms with Crippen LogP contribution in [0.4, 0.5) is 0 Å². The highest BCUT2D eigenvalue weighted by Gasteiger charge is 2.30. The highest BCUT2D eigenvalue weighted by molar-refractivity contribution is 7.89. The molecule has 0 aromatic heterocycles. The number of nitrogens with zero attached hydrogens (tertiary/aromatic N) is 4. The molecule has 13 heteroatoms. The average molecular weight is 767 g/mol. The van der Waals surface area contributed by atoms with Crippen LogP contribution in [-0.2, 0) is 36.6 Å². The summed E-state index contributed by atoms with van der Waals surface area (Å²) in [6.07, 6.45) is 1.00. The molecule has 1 fully saturated rings. The van der Waals surface area contributed by atoms with Crippen molar-refractivity contribution in [3.63, 3.8) is 0 Å². The zero-order chi connectivity index (χ0) is 37.4. The van der Waals surface area contributed by atoms with E-state index in [1.54, 1.807) is 72.8 Å². The largest absolute Gasteiger partial charge is 0.298 e. The van der Waals surface area contributed by atoms with E-state index in [2.05, 4.69) is 4.90 Å². The molecule has 1 saturated heterocycles. The van der Waals surface area contributed by atoms with Crippen LogP contribution in [0.2, 0.25) is 0 Å². The van der Waals surface area contributed by atoms with Crippen molar-refractivity contribution >= 4 is 30.1 Å². The molecular formula is C39H50N4O6S3. The Balaban J connectivity index is 1.49. The molecule has 5 rings (SSSR count). The van der Waals surface area contributed by atoms with Gasteiger partial charge in [-0.25, -0.2) is 25.3 Å². The molecule has 4 aromatic rings. The fraction of sp³-hybridized carbons (Fsp3) is 0.385. The summed E-state index contributed by atoms with van der Waals surface area (Å²) < 4.78 is 88.6. The maximum Gasteiger partial charge on any atom is 0.243 e. The maximum absolute atomic E-state index is 14.1. The number of hydrogen-bond donors (Lipinski definition) is 0. The zero-order valence-electron chi connectivity index (χ0n) is 30.3. The predicted octanol–water partition coefficient (Wildman–Crippen LogP) is 5.67. The number of aryl methyl sites for hydroxylation is 3. The summed E-state index contributed by atoms with van der Waals surface area (Å²) in [6.45, 7) is 7.95. The second kappa shape index (κ2) is 17.6. The van der Waals surface area contributed by atoms with Gasteiger partial charge in [0, 0.05) is 52.4 Å². The van der Waals surface area contributed by atoms with Crippen LogP contribution in [0.15, 0.2) is 118 Å². The van der Waals surface area contributed by atoms with Crippen molar-refractivity contribution in [2.45, 2.75) is 61.3 Å². The number of rotatable bonds is 8. The zero-order valence-corrected chi connectivity index (χ0v) is 32.7. The van der Waals surface area contributed by atoms with Crippen molar-refractivity contribution in [2.24, 2.45) is 0 Å².